The first kappa shape index (κ1) is 22.9. The average Bonchev–Trinajstić information content (AvgIpc) is 2.79. The molecule has 2 heterocycles. The highest BCUT2D eigenvalue weighted by atomic mass is 35.5. The zero-order valence-electron chi connectivity index (χ0n) is 17.5. The van der Waals surface area contributed by atoms with E-state index in [1.807, 2.05) is 0 Å². The summed E-state index contributed by atoms with van der Waals surface area (Å²) in [5.74, 6) is -3.43. The van der Waals surface area contributed by atoms with Gasteiger partial charge in [0.05, 0.1) is 23.5 Å². The highest BCUT2D eigenvalue weighted by molar-refractivity contribution is 6.33. The lowest BCUT2D eigenvalue weighted by Crippen LogP contribution is -2.45. The van der Waals surface area contributed by atoms with Gasteiger partial charge in [0.25, 0.3) is 0 Å². The molecule has 9 heteroatoms. The van der Waals surface area contributed by atoms with E-state index in [1.165, 1.54) is 29.2 Å². The van der Waals surface area contributed by atoms with Crippen LogP contribution in [-0.4, -0.2) is 46.7 Å². The summed E-state index contributed by atoms with van der Waals surface area (Å²) in [6.07, 6.45) is 1.06. The van der Waals surface area contributed by atoms with E-state index in [4.69, 9.17) is 16.0 Å². The van der Waals surface area contributed by atoms with Crippen molar-refractivity contribution < 1.29 is 28.6 Å². The van der Waals surface area contributed by atoms with E-state index in [0.29, 0.717) is 41.5 Å². The van der Waals surface area contributed by atoms with E-state index in [0.717, 1.165) is 6.07 Å². The number of likely N-dealkylation sites (tertiary alicyclic amines) is 1. The summed E-state index contributed by atoms with van der Waals surface area (Å²) in [5, 5.41) is 19.9. The molecule has 2 aromatic carbocycles. The Morgan fingerprint density at radius 2 is 1.97 bits per heavy atom. The van der Waals surface area contributed by atoms with E-state index >= 15 is 0 Å². The number of carboxylic acid groups (broad SMARTS) is 1. The van der Waals surface area contributed by atoms with Gasteiger partial charge in [0, 0.05) is 35.7 Å². The molecule has 0 spiro atoms. The van der Waals surface area contributed by atoms with E-state index < -0.39 is 35.9 Å². The van der Waals surface area contributed by atoms with Crippen molar-refractivity contribution in [1.29, 1.82) is 0 Å². The van der Waals surface area contributed by atoms with Crippen LogP contribution in [0.3, 0.4) is 0 Å². The average molecular weight is 474 g/mol. The number of piperidine rings is 1. The van der Waals surface area contributed by atoms with Crippen LogP contribution in [0, 0.1) is 11.7 Å². The number of nitrogens with zero attached hydrogens (tertiary/aromatic N) is 1. The van der Waals surface area contributed by atoms with E-state index in [2.05, 4.69) is 0 Å². The number of hydrogen-bond acceptors (Lipinski definition) is 5. The van der Waals surface area contributed by atoms with Crippen LogP contribution in [0.15, 0.2) is 51.7 Å². The van der Waals surface area contributed by atoms with Crippen molar-refractivity contribution in [3.8, 4) is 11.1 Å². The van der Waals surface area contributed by atoms with Gasteiger partial charge in [-0.3, -0.25) is 9.59 Å². The maximum absolute atomic E-state index is 13.5. The predicted molar refractivity (Wildman–Crippen MR) is 120 cm³/mol. The van der Waals surface area contributed by atoms with Crippen LogP contribution in [0.2, 0.25) is 5.02 Å². The molecule has 0 aliphatic carbocycles. The summed E-state index contributed by atoms with van der Waals surface area (Å²) in [7, 11) is 0. The number of aliphatic hydroxyl groups is 1. The summed E-state index contributed by atoms with van der Waals surface area (Å²) in [5.41, 5.74) is 0.862. The number of halogens is 2. The summed E-state index contributed by atoms with van der Waals surface area (Å²) in [6.45, 7) is 0.00181. The molecule has 2 atom stereocenters. The second-order valence-corrected chi connectivity index (χ2v) is 8.46. The number of carbonyl (C=O) groups excluding carboxylic acids is 1. The summed E-state index contributed by atoms with van der Waals surface area (Å²) < 4.78 is 18.8. The van der Waals surface area contributed by atoms with Crippen molar-refractivity contribution in [2.75, 3.05) is 19.7 Å². The second kappa shape index (κ2) is 9.33. The van der Waals surface area contributed by atoms with Gasteiger partial charge in [0.2, 0.25) is 5.91 Å². The Labute approximate surface area is 193 Å². The summed E-state index contributed by atoms with van der Waals surface area (Å²) in [6, 6.07) is 9.91. The Bertz CT molecular complexity index is 1290. The molecular formula is C24H21ClFNO6. The van der Waals surface area contributed by atoms with Gasteiger partial charge in [-0.1, -0.05) is 23.7 Å². The number of aliphatic carboxylic acids is 1. The standard InChI is InChI=1S/C24H21ClFNO6/c25-20-9-15(26)4-6-16(20)18-10-22(29)33-21-8-13(3-5-17(18)21)19(12-28)23(30)27-7-1-2-14(11-27)24(31)32/h3-6,8-10,14,19,28H,1-2,7,11-12H2,(H,31,32)/t14-,19-/m0/s1. The lowest BCUT2D eigenvalue weighted by atomic mass is 9.92. The summed E-state index contributed by atoms with van der Waals surface area (Å²) in [4.78, 5) is 38.1. The Morgan fingerprint density at radius 1 is 1.18 bits per heavy atom. The number of aliphatic hydroxyl groups excluding tert-OH is 1. The number of carboxylic acids is 1. The second-order valence-electron chi connectivity index (χ2n) is 8.06. The van der Waals surface area contributed by atoms with Crippen LogP contribution in [0.4, 0.5) is 4.39 Å². The third-order valence-corrected chi connectivity index (χ3v) is 6.27. The minimum atomic E-state index is -0.951. The number of rotatable bonds is 5. The van der Waals surface area contributed by atoms with Crippen LogP contribution >= 0.6 is 11.6 Å². The van der Waals surface area contributed by atoms with Crippen molar-refractivity contribution in [2.24, 2.45) is 5.92 Å². The number of carbonyl (C=O) groups is 2. The number of hydrogen-bond donors (Lipinski definition) is 2. The zero-order chi connectivity index (χ0) is 23.7. The maximum Gasteiger partial charge on any atom is 0.336 e. The molecule has 4 rings (SSSR count). The molecule has 7 nitrogen and oxygen atoms in total. The smallest absolute Gasteiger partial charge is 0.336 e. The molecule has 0 saturated carbocycles. The Balaban J connectivity index is 1.72. The first-order valence-corrected chi connectivity index (χ1v) is 10.8. The van der Waals surface area contributed by atoms with Crippen LogP contribution < -0.4 is 5.63 Å². The van der Waals surface area contributed by atoms with Gasteiger partial charge in [0.1, 0.15) is 11.4 Å². The molecule has 1 aromatic heterocycles. The molecule has 1 aliphatic heterocycles. The number of amides is 1. The summed E-state index contributed by atoms with van der Waals surface area (Å²) >= 11 is 6.18. The quantitative estimate of drug-likeness (QED) is 0.548. The first-order chi connectivity index (χ1) is 15.8. The van der Waals surface area contributed by atoms with Crippen molar-refractivity contribution in [2.45, 2.75) is 18.8 Å². The highest BCUT2D eigenvalue weighted by Gasteiger charge is 2.32. The van der Waals surface area contributed by atoms with Gasteiger partial charge in [-0.15, -0.1) is 0 Å². The van der Waals surface area contributed by atoms with Crippen LogP contribution in [0.5, 0.6) is 0 Å². The molecule has 172 valence electrons. The fourth-order valence-electron chi connectivity index (χ4n) is 4.25. The first-order valence-electron chi connectivity index (χ1n) is 10.4. The normalized spacial score (nSPS) is 17.2. The maximum atomic E-state index is 13.5. The highest BCUT2D eigenvalue weighted by Crippen LogP contribution is 2.34. The van der Waals surface area contributed by atoms with Crippen LogP contribution in [0.1, 0.15) is 24.3 Å². The molecule has 3 aromatic rings. The fraction of sp³-hybridized carbons (Fsp3) is 0.292. The minimum Gasteiger partial charge on any atom is -0.481 e. The lowest BCUT2D eigenvalue weighted by molar-refractivity contribution is -0.146. The van der Waals surface area contributed by atoms with Crippen molar-refractivity contribution in [1.82, 2.24) is 4.90 Å². The van der Waals surface area contributed by atoms with E-state index in [9.17, 15) is 29.0 Å². The largest absolute Gasteiger partial charge is 0.481 e. The monoisotopic (exact) mass is 473 g/mol. The van der Waals surface area contributed by atoms with Gasteiger partial charge in [-0.25, -0.2) is 9.18 Å². The SMILES string of the molecule is O=C(O)[C@H]1CCCN(C(=O)[C@@H](CO)c2ccc3c(-c4ccc(F)cc4Cl)cc(=O)oc3c2)C1. The van der Waals surface area contributed by atoms with Gasteiger partial charge < -0.3 is 19.5 Å². The Kier molecular flexibility index (Phi) is 6.49. The molecule has 1 saturated heterocycles. The van der Waals surface area contributed by atoms with Gasteiger partial charge in [-0.05, 0) is 42.7 Å². The van der Waals surface area contributed by atoms with Crippen LogP contribution in [0.25, 0.3) is 22.1 Å². The van der Waals surface area contributed by atoms with Crippen molar-refractivity contribution in [3.63, 3.8) is 0 Å². The third kappa shape index (κ3) is 4.62. The van der Waals surface area contributed by atoms with Gasteiger partial charge in [-0.2, -0.15) is 0 Å². The predicted octanol–water partition coefficient (Wildman–Crippen LogP) is 3.65. The Morgan fingerprint density at radius 3 is 2.67 bits per heavy atom. The minimum absolute atomic E-state index is 0.0839. The van der Waals surface area contributed by atoms with E-state index in [-0.39, 0.29) is 23.1 Å². The molecule has 33 heavy (non-hydrogen) atoms. The fourth-order valence-corrected chi connectivity index (χ4v) is 4.52. The lowest BCUT2D eigenvalue weighted by Gasteiger charge is -2.33. The van der Waals surface area contributed by atoms with Gasteiger partial charge >= 0.3 is 11.6 Å². The molecule has 2 N–H and O–H groups in total. The Hall–Kier alpha value is -3.23. The van der Waals surface area contributed by atoms with Gasteiger partial charge in [0.15, 0.2) is 0 Å². The molecule has 0 unspecified atom stereocenters. The number of benzene rings is 2. The van der Waals surface area contributed by atoms with Crippen molar-refractivity contribution in [3.05, 3.63) is 69.3 Å². The topological polar surface area (TPSA) is 108 Å². The van der Waals surface area contributed by atoms with Crippen LogP contribution in [-0.2, 0) is 9.59 Å². The molecule has 1 amide bonds. The zero-order valence-corrected chi connectivity index (χ0v) is 18.2. The molecule has 0 bridgehead atoms. The van der Waals surface area contributed by atoms with Crippen molar-refractivity contribution >= 4 is 34.4 Å². The number of fused-ring (bicyclic) bond motifs is 1. The molecule has 0 radical (unpaired) electrons. The molecule has 1 fully saturated rings. The molecule has 1 aliphatic rings. The van der Waals surface area contributed by atoms with E-state index in [1.54, 1.807) is 12.1 Å². The molecular weight excluding hydrogens is 453 g/mol. The third-order valence-electron chi connectivity index (χ3n) is 5.96.